The van der Waals surface area contributed by atoms with Gasteiger partial charge in [0.1, 0.15) is 16.5 Å². The summed E-state index contributed by atoms with van der Waals surface area (Å²) in [6, 6.07) is 0. The first-order valence-corrected chi connectivity index (χ1v) is 7.59. The lowest BCUT2D eigenvalue weighted by atomic mass is 10.3. The number of allylic oxidation sites excluding steroid dienone is 2. The van der Waals surface area contributed by atoms with Crippen LogP contribution in [0.2, 0.25) is 10.0 Å². The van der Waals surface area contributed by atoms with Gasteiger partial charge in [0.25, 0.3) is 0 Å². The Morgan fingerprint density at radius 3 is 2.61 bits per heavy atom. The number of halogens is 6. The van der Waals surface area contributed by atoms with Gasteiger partial charge in [-0.05, 0) is 6.92 Å². The average Bonchev–Trinajstić information content (AvgIpc) is 2.41. The van der Waals surface area contributed by atoms with Gasteiger partial charge in [0.05, 0.1) is 10.1 Å². The summed E-state index contributed by atoms with van der Waals surface area (Å²) in [7, 11) is 0. The molecular weight excluding hydrogens is 379 g/mol. The molecule has 0 atom stereocenters. The molecule has 23 heavy (non-hydrogen) atoms. The first-order chi connectivity index (χ1) is 10.5. The molecule has 0 bridgehead atoms. The van der Waals surface area contributed by atoms with Gasteiger partial charge < -0.3 is 5.11 Å². The van der Waals surface area contributed by atoms with Gasteiger partial charge in [-0.1, -0.05) is 29.8 Å². The van der Waals surface area contributed by atoms with Crippen LogP contribution in [-0.2, 0) is 5.75 Å². The van der Waals surface area contributed by atoms with Gasteiger partial charge in [0.15, 0.2) is 0 Å². The van der Waals surface area contributed by atoms with Crippen molar-refractivity contribution in [2.75, 3.05) is 0 Å². The molecule has 1 N–H and O–H groups in total. The van der Waals surface area contributed by atoms with E-state index in [0.29, 0.717) is 6.08 Å². The van der Waals surface area contributed by atoms with Gasteiger partial charge in [-0.25, -0.2) is 9.98 Å². The molecule has 1 aromatic heterocycles. The molecule has 1 heterocycles. The number of rotatable bonds is 4. The van der Waals surface area contributed by atoms with Crippen LogP contribution in [-0.4, -0.2) is 21.3 Å². The van der Waals surface area contributed by atoms with E-state index in [0.717, 1.165) is 18.0 Å². The van der Waals surface area contributed by atoms with Crippen molar-refractivity contribution in [1.82, 2.24) is 4.98 Å². The molecule has 3 nitrogen and oxygen atoms in total. The second-order valence-electron chi connectivity index (χ2n) is 4.13. The van der Waals surface area contributed by atoms with Crippen molar-refractivity contribution in [3.8, 4) is 0 Å². The number of aliphatic hydroxyl groups excluding tert-OH is 1. The smallest absolute Gasteiger partial charge is 0.433 e. The van der Waals surface area contributed by atoms with E-state index in [1.807, 2.05) is 0 Å². The molecule has 0 radical (unpaired) electrons. The molecular formula is C13H10Cl2F4N2OS. The minimum atomic E-state index is -4.76. The zero-order valence-corrected chi connectivity index (χ0v) is 13.9. The maximum absolute atomic E-state index is 13.3. The van der Waals surface area contributed by atoms with Crippen molar-refractivity contribution in [2.45, 2.75) is 18.9 Å². The minimum absolute atomic E-state index is 0.00233. The molecule has 0 saturated carbocycles. The summed E-state index contributed by atoms with van der Waals surface area (Å²) in [5, 5.41) is 8.68. The quantitative estimate of drug-likeness (QED) is 0.180. The van der Waals surface area contributed by atoms with E-state index in [1.165, 1.54) is 6.92 Å². The molecule has 0 aliphatic heterocycles. The Morgan fingerprint density at radius 1 is 1.48 bits per heavy atom. The monoisotopic (exact) mass is 388 g/mol. The molecule has 0 unspecified atom stereocenters. The summed E-state index contributed by atoms with van der Waals surface area (Å²) < 4.78 is 51.5. The van der Waals surface area contributed by atoms with E-state index in [-0.39, 0.29) is 26.4 Å². The molecule has 126 valence electrons. The molecule has 0 aliphatic carbocycles. The third-order valence-corrected chi connectivity index (χ3v) is 3.97. The van der Waals surface area contributed by atoms with Crippen molar-refractivity contribution in [3.63, 3.8) is 0 Å². The van der Waals surface area contributed by atoms with Crippen LogP contribution in [0, 0.1) is 5.95 Å². The predicted octanol–water partition coefficient (Wildman–Crippen LogP) is 5.70. The van der Waals surface area contributed by atoms with E-state index >= 15 is 0 Å². The maximum Gasteiger partial charge on any atom is 0.433 e. The Morgan fingerprint density at radius 2 is 2.09 bits per heavy atom. The van der Waals surface area contributed by atoms with E-state index in [9.17, 15) is 17.6 Å². The summed E-state index contributed by atoms with van der Waals surface area (Å²) in [6.07, 6.45) is -3.30. The normalized spacial score (nSPS) is 13.3. The first kappa shape index (κ1) is 19.8. The first-order valence-electron chi connectivity index (χ1n) is 5.85. The minimum Gasteiger partial charge on any atom is -0.509 e. The standard InChI is InChI=1S/C13H10Cl2F4N2OS/c1-6(22)3-10(13(17,18)19)21-7(2)23-5-8-9(14)4-20-12(16)11(8)15/h3-4,22H,1,5H2,2H3/b10-3-,21-7?. The lowest BCUT2D eigenvalue weighted by Gasteiger charge is -2.10. The van der Waals surface area contributed by atoms with Crippen LogP contribution in [0.5, 0.6) is 0 Å². The second-order valence-corrected chi connectivity index (χ2v) is 6.08. The van der Waals surface area contributed by atoms with Gasteiger partial charge in [-0.2, -0.15) is 17.6 Å². The van der Waals surface area contributed by atoms with Gasteiger partial charge >= 0.3 is 6.18 Å². The number of aromatic nitrogens is 1. The van der Waals surface area contributed by atoms with Crippen molar-refractivity contribution >= 4 is 40.0 Å². The van der Waals surface area contributed by atoms with E-state index in [1.54, 1.807) is 0 Å². The Labute approximate surface area is 143 Å². The number of thioether (sulfide) groups is 1. The highest BCUT2D eigenvalue weighted by atomic mass is 35.5. The Hall–Kier alpha value is -1.25. The van der Waals surface area contributed by atoms with Crippen molar-refractivity contribution in [3.05, 3.63) is 51.9 Å². The molecule has 1 rings (SSSR count). The highest BCUT2D eigenvalue weighted by Gasteiger charge is 2.34. The summed E-state index contributed by atoms with van der Waals surface area (Å²) >= 11 is 12.4. The van der Waals surface area contributed by atoms with Gasteiger partial charge in [-0.3, -0.25) is 0 Å². The number of nitrogens with zero attached hydrogens (tertiary/aromatic N) is 2. The van der Waals surface area contributed by atoms with Crippen molar-refractivity contribution in [2.24, 2.45) is 4.99 Å². The van der Waals surface area contributed by atoms with Crippen molar-refractivity contribution < 1.29 is 22.7 Å². The van der Waals surface area contributed by atoms with Crippen LogP contribution in [0.15, 0.2) is 35.3 Å². The van der Waals surface area contributed by atoms with Crippen LogP contribution in [0.4, 0.5) is 17.6 Å². The summed E-state index contributed by atoms with van der Waals surface area (Å²) in [5.41, 5.74) is -1.11. The number of alkyl halides is 3. The molecule has 0 aliphatic rings. The summed E-state index contributed by atoms with van der Waals surface area (Å²) in [6.45, 7) is 4.28. The summed E-state index contributed by atoms with van der Waals surface area (Å²) in [4.78, 5) is 6.70. The van der Waals surface area contributed by atoms with Crippen LogP contribution >= 0.6 is 35.0 Å². The predicted molar refractivity (Wildman–Crippen MR) is 84.5 cm³/mol. The van der Waals surface area contributed by atoms with Crippen LogP contribution in [0.25, 0.3) is 0 Å². The van der Waals surface area contributed by atoms with Gasteiger partial charge in [0.2, 0.25) is 5.95 Å². The number of aliphatic imine (C=N–C) groups is 1. The van der Waals surface area contributed by atoms with Crippen LogP contribution < -0.4 is 0 Å². The topological polar surface area (TPSA) is 45.5 Å². The van der Waals surface area contributed by atoms with E-state index < -0.39 is 23.6 Å². The fourth-order valence-corrected chi connectivity index (χ4v) is 2.77. The molecule has 10 heteroatoms. The maximum atomic E-state index is 13.3. The largest absolute Gasteiger partial charge is 0.509 e. The van der Waals surface area contributed by atoms with Crippen molar-refractivity contribution in [1.29, 1.82) is 0 Å². The fourth-order valence-electron chi connectivity index (χ4n) is 1.32. The lowest BCUT2D eigenvalue weighted by molar-refractivity contribution is -0.0925. The molecule has 0 fully saturated rings. The number of hydrogen-bond donors (Lipinski definition) is 1. The number of hydrogen-bond acceptors (Lipinski definition) is 4. The van der Waals surface area contributed by atoms with E-state index in [4.69, 9.17) is 28.3 Å². The van der Waals surface area contributed by atoms with Gasteiger partial charge in [-0.15, -0.1) is 11.8 Å². The summed E-state index contributed by atoms with van der Waals surface area (Å²) in [5.74, 6) is -1.70. The zero-order chi connectivity index (χ0) is 17.8. The molecule has 1 aromatic rings. The Kier molecular flexibility index (Phi) is 6.91. The third-order valence-electron chi connectivity index (χ3n) is 2.32. The molecule has 0 saturated heterocycles. The third kappa shape index (κ3) is 6.04. The molecule has 0 aromatic carbocycles. The Balaban J connectivity index is 2.97. The SMILES string of the molecule is C=C(O)/C=C(\N=C(C)SCc1c(Cl)cnc(F)c1Cl)C(F)(F)F. The Bertz CT molecular complexity index is 675. The highest BCUT2D eigenvalue weighted by Crippen LogP contribution is 2.31. The highest BCUT2D eigenvalue weighted by molar-refractivity contribution is 8.13. The zero-order valence-electron chi connectivity index (χ0n) is 11.6. The van der Waals surface area contributed by atoms with Crippen LogP contribution in [0.3, 0.4) is 0 Å². The lowest BCUT2D eigenvalue weighted by Crippen LogP contribution is -2.11. The van der Waals surface area contributed by atoms with E-state index in [2.05, 4.69) is 16.6 Å². The molecule has 0 amide bonds. The van der Waals surface area contributed by atoms with Crippen LogP contribution in [0.1, 0.15) is 12.5 Å². The second kappa shape index (κ2) is 8.03. The molecule has 0 spiro atoms. The number of pyridine rings is 1. The van der Waals surface area contributed by atoms with Gasteiger partial charge in [0, 0.05) is 23.6 Å². The average molecular weight is 389 g/mol. The fraction of sp³-hybridized carbons (Fsp3) is 0.231. The number of aliphatic hydroxyl groups is 1.